The molecule has 3 N–H and O–H groups in total. The van der Waals surface area contributed by atoms with Crippen molar-refractivity contribution in [1.82, 2.24) is 0 Å². The van der Waals surface area contributed by atoms with Crippen LogP contribution in [0.15, 0.2) is 28.7 Å². The van der Waals surface area contributed by atoms with Crippen molar-refractivity contribution in [2.45, 2.75) is 6.92 Å². The summed E-state index contributed by atoms with van der Waals surface area (Å²) in [6, 6.07) is 7.54. The van der Waals surface area contributed by atoms with Crippen LogP contribution in [-0.2, 0) is 0 Å². The van der Waals surface area contributed by atoms with E-state index >= 15 is 0 Å². The van der Waals surface area contributed by atoms with Crippen LogP contribution in [0.25, 0.3) is 11.0 Å². The van der Waals surface area contributed by atoms with E-state index in [2.05, 4.69) is 0 Å². The monoisotopic (exact) mass is 218 g/mol. The number of fused-ring (bicyclic) bond motifs is 1. The second-order valence-corrected chi connectivity index (χ2v) is 3.83. The van der Waals surface area contributed by atoms with Gasteiger partial charge in [0.15, 0.2) is 0 Å². The van der Waals surface area contributed by atoms with Crippen molar-refractivity contribution in [3.8, 4) is 0 Å². The Balaban J connectivity index is 2.83. The van der Waals surface area contributed by atoms with Crippen LogP contribution in [0.1, 0.15) is 11.1 Å². The SMILES string of the molecule is Cc1ccc2oc(=N)c(C(N)=S)cc2c1. The van der Waals surface area contributed by atoms with Gasteiger partial charge in [0.1, 0.15) is 10.6 Å². The van der Waals surface area contributed by atoms with Gasteiger partial charge < -0.3 is 10.2 Å². The molecule has 76 valence electrons. The van der Waals surface area contributed by atoms with Crippen LogP contribution in [0, 0.1) is 12.3 Å². The molecule has 0 atom stereocenters. The number of thiocarbonyl (C=S) groups is 1. The lowest BCUT2D eigenvalue weighted by Crippen LogP contribution is -2.19. The molecular weight excluding hydrogens is 208 g/mol. The molecular formula is C11H10N2OS. The molecule has 4 heteroatoms. The van der Waals surface area contributed by atoms with Gasteiger partial charge in [0.2, 0.25) is 5.55 Å². The second kappa shape index (κ2) is 3.47. The van der Waals surface area contributed by atoms with Gasteiger partial charge in [-0.3, -0.25) is 5.41 Å². The third-order valence-electron chi connectivity index (χ3n) is 2.19. The summed E-state index contributed by atoms with van der Waals surface area (Å²) in [7, 11) is 0. The molecule has 1 heterocycles. The van der Waals surface area contributed by atoms with E-state index in [1.807, 2.05) is 25.1 Å². The maximum atomic E-state index is 7.60. The molecule has 0 saturated heterocycles. The number of benzene rings is 1. The Kier molecular flexibility index (Phi) is 2.28. The Labute approximate surface area is 92.0 Å². The van der Waals surface area contributed by atoms with Crippen LogP contribution in [0.3, 0.4) is 0 Å². The highest BCUT2D eigenvalue weighted by atomic mass is 32.1. The maximum Gasteiger partial charge on any atom is 0.222 e. The number of nitrogens with two attached hydrogens (primary N) is 1. The highest BCUT2D eigenvalue weighted by molar-refractivity contribution is 7.80. The number of aryl methyl sites for hydroxylation is 1. The lowest BCUT2D eigenvalue weighted by atomic mass is 10.1. The van der Waals surface area contributed by atoms with Gasteiger partial charge >= 0.3 is 0 Å². The summed E-state index contributed by atoms with van der Waals surface area (Å²) in [5.41, 5.74) is 7.78. The number of nitrogens with one attached hydrogen (secondary N) is 1. The summed E-state index contributed by atoms with van der Waals surface area (Å²) in [4.78, 5) is 0.187. The summed E-state index contributed by atoms with van der Waals surface area (Å²) in [5, 5.41) is 8.51. The average Bonchev–Trinajstić information content (AvgIpc) is 2.17. The third kappa shape index (κ3) is 1.76. The molecule has 0 aliphatic carbocycles. The van der Waals surface area contributed by atoms with Crippen molar-refractivity contribution in [3.63, 3.8) is 0 Å². The van der Waals surface area contributed by atoms with E-state index in [0.29, 0.717) is 11.1 Å². The first-order chi connectivity index (χ1) is 7.08. The van der Waals surface area contributed by atoms with Crippen LogP contribution < -0.4 is 11.3 Å². The van der Waals surface area contributed by atoms with E-state index in [1.165, 1.54) is 0 Å². The quantitative estimate of drug-likeness (QED) is 0.718. The molecule has 0 aliphatic rings. The van der Waals surface area contributed by atoms with Gasteiger partial charge in [0.05, 0.1) is 5.56 Å². The zero-order valence-electron chi connectivity index (χ0n) is 8.20. The highest BCUT2D eigenvalue weighted by Crippen LogP contribution is 2.14. The molecule has 15 heavy (non-hydrogen) atoms. The van der Waals surface area contributed by atoms with Gasteiger partial charge in [-0.2, -0.15) is 0 Å². The Hall–Kier alpha value is -1.68. The molecule has 0 radical (unpaired) electrons. The summed E-state index contributed by atoms with van der Waals surface area (Å²) in [6.07, 6.45) is 0. The van der Waals surface area contributed by atoms with E-state index in [-0.39, 0.29) is 10.5 Å². The van der Waals surface area contributed by atoms with Gasteiger partial charge in [-0.25, -0.2) is 0 Å². The molecule has 3 nitrogen and oxygen atoms in total. The molecule has 1 aromatic heterocycles. The van der Waals surface area contributed by atoms with Gasteiger partial charge in [-0.05, 0) is 25.1 Å². The Bertz CT molecular complexity index is 601. The normalized spacial score (nSPS) is 10.5. The highest BCUT2D eigenvalue weighted by Gasteiger charge is 2.04. The van der Waals surface area contributed by atoms with Crippen molar-refractivity contribution in [3.05, 3.63) is 40.9 Å². The van der Waals surface area contributed by atoms with Crippen molar-refractivity contribution in [2.75, 3.05) is 0 Å². The molecule has 0 unspecified atom stereocenters. The molecule has 2 rings (SSSR count). The number of hydrogen-bond acceptors (Lipinski definition) is 3. The van der Waals surface area contributed by atoms with Gasteiger partial charge in [-0.1, -0.05) is 23.8 Å². The second-order valence-electron chi connectivity index (χ2n) is 3.39. The Morgan fingerprint density at radius 2 is 2.13 bits per heavy atom. The summed E-state index contributed by atoms with van der Waals surface area (Å²) in [6.45, 7) is 1.99. The van der Waals surface area contributed by atoms with E-state index in [9.17, 15) is 0 Å². The third-order valence-corrected chi connectivity index (χ3v) is 2.41. The zero-order chi connectivity index (χ0) is 11.0. The van der Waals surface area contributed by atoms with Crippen LogP contribution >= 0.6 is 12.2 Å². The largest absolute Gasteiger partial charge is 0.438 e. The predicted molar refractivity (Wildman–Crippen MR) is 62.7 cm³/mol. The molecule has 0 bridgehead atoms. The number of hydrogen-bond donors (Lipinski definition) is 2. The predicted octanol–water partition coefficient (Wildman–Crippen LogP) is 1.85. The van der Waals surface area contributed by atoms with Crippen molar-refractivity contribution in [2.24, 2.45) is 5.73 Å². The smallest absolute Gasteiger partial charge is 0.222 e. The molecule has 0 saturated carbocycles. The van der Waals surface area contributed by atoms with Crippen LogP contribution in [0.2, 0.25) is 0 Å². The minimum Gasteiger partial charge on any atom is -0.438 e. The van der Waals surface area contributed by atoms with E-state index in [0.717, 1.165) is 10.9 Å². The first-order valence-corrected chi connectivity index (χ1v) is 4.87. The van der Waals surface area contributed by atoms with Crippen LogP contribution in [-0.4, -0.2) is 4.99 Å². The van der Waals surface area contributed by atoms with Gasteiger partial charge in [0.25, 0.3) is 0 Å². The Morgan fingerprint density at radius 3 is 2.80 bits per heavy atom. The molecule has 0 amide bonds. The molecule has 0 aliphatic heterocycles. The average molecular weight is 218 g/mol. The van der Waals surface area contributed by atoms with Crippen molar-refractivity contribution >= 4 is 28.2 Å². The lowest BCUT2D eigenvalue weighted by molar-refractivity contribution is 0.531. The molecule has 0 fully saturated rings. The van der Waals surface area contributed by atoms with E-state index < -0.39 is 0 Å². The Morgan fingerprint density at radius 1 is 1.40 bits per heavy atom. The fourth-order valence-electron chi connectivity index (χ4n) is 1.44. The zero-order valence-corrected chi connectivity index (χ0v) is 9.02. The summed E-state index contributed by atoms with van der Waals surface area (Å²) >= 11 is 4.84. The van der Waals surface area contributed by atoms with E-state index in [4.69, 9.17) is 27.8 Å². The standard InChI is InChI=1S/C11H10N2OS/c1-6-2-3-9-7(4-6)5-8(11(13)15)10(12)14-9/h2-5,12H,1H3,(H2,13,15). The fourth-order valence-corrected chi connectivity index (χ4v) is 1.59. The maximum absolute atomic E-state index is 7.60. The summed E-state index contributed by atoms with van der Waals surface area (Å²) < 4.78 is 5.31. The molecule has 1 aromatic carbocycles. The summed E-state index contributed by atoms with van der Waals surface area (Å²) in [5.74, 6) is 0. The lowest BCUT2D eigenvalue weighted by Gasteiger charge is -2.02. The first-order valence-electron chi connectivity index (χ1n) is 4.47. The molecule has 2 aromatic rings. The van der Waals surface area contributed by atoms with Gasteiger partial charge in [0, 0.05) is 5.39 Å². The first kappa shape index (κ1) is 9.86. The van der Waals surface area contributed by atoms with Crippen LogP contribution in [0.5, 0.6) is 0 Å². The topological polar surface area (TPSA) is 63.0 Å². The van der Waals surface area contributed by atoms with E-state index in [1.54, 1.807) is 6.07 Å². The minimum atomic E-state index is 0.0128. The minimum absolute atomic E-state index is 0.0128. The van der Waals surface area contributed by atoms with Crippen LogP contribution in [0.4, 0.5) is 0 Å². The number of rotatable bonds is 1. The fraction of sp³-hybridized carbons (Fsp3) is 0.0909. The van der Waals surface area contributed by atoms with Crippen molar-refractivity contribution < 1.29 is 4.42 Å². The van der Waals surface area contributed by atoms with Gasteiger partial charge in [-0.15, -0.1) is 0 Å². The molecule has 0 spiro atoms. The van der Waals surface area contributed by atoms with Crippen molar-refractivity contribution in [1.29, 1.82) is 5.41 Å².